The van der Waals surface area contributed by atoms with Crippen molar-refractivity contribution < 1.29 is 19.0 Å². The minimum atomic E-state index is -0.490. The number of likely N-dealkylation sites (tertiary alicyclic amines) is 1. The van der Waals surface area contributed by atoms with E-state index in [0.29, 0.717) is 6.61 Å². The first-order valence-corrected chi connectivity index (χ1v) is 12.1. The fourth-order valence-corrected chi connectivity index (χ4v) is 4.61. The zero-order valence-corrected chi connectivity index (χ0v) is 21.5. The summed E-state index contributed by atoms with van der Waals surface area (Å²) in [6.45, 7) is 8.71. The Morgan fingerprint density at radius 1 is 1.19 bits per heavy atom. The van der Waals surface area contributed by atoms with E-state index in [2.05, 4.69) is 38.9 Å². The van der Waals surface area contributed by atoms with Gasteiger partial charge < -0.3 is 19.5 Å². The van der Waals surface area contributed by atoms with Gasteiger partial charge in [-0.15, -0.1) is 0 Å². The van der Waals surface area contributed by atoms with E-state index in [-0.39, 0.29) is 12.1 Å². The van der Waals surface area contributed by atoms with Crippen molar-refractivity contribution in [3.63, 3.8) is 0 Å². The third-order valence-corrected chi connectivity index (χ3v) is 5.95. The zero-order chi connectivity index (χ0) is 23.1. The van der Waals surface area contributed by atoms with E-state index in [1.54, 1.807) is 7.11 Å². The molecule has 0 aliphatic carbocycles. The number of ether oxygens (including phenoxy) is 3. The number of rotatable bonds is 7. The van der Waals surface area contributed by atoms with E-state index < -0.39 is 5.60 Å². The molecule has 1 heterocycles. The highest BCUT2D eigenvalue weighted by Gasteiger charge is 2.24. The molecule has 174 valence electrons. The number of piperidine rings is 1. The summed E-state index contributed by atoms with van der Waals surface area (Å²) in [4.78, 5) is 14.5. The Morgan fingerprint density at radius 2 is 1.94 bits per heavy atom. The number of hydrogen-bond donors (Lipinski definition) is 1. The van der Waals surface area contributed by atoms with Gasteiger partial charge in [0.2, 0.25) is 0 Å². The third-order valence-electron chi connectivity index (χ3n) is 5.15. The fraction of sp³-hybridized carbons (Fsp3) is 0.480. The molecule has 0 bridgehead atoms. The number of nitrogens with zero attached hydrogens (tertiary/aromatic N) is 1. The SMILES string of the molecule is COc1cc(CN2CCCC(NC(=O)OC(C)(C)C)C2)cc(I)c1OCc1ccccc1. The van der Waals surface area contributed by atoms with Crippen molar-refractivity contribution in [1.82, 2.24) is 10.2 Å². The summed E-state index contributed by atoms with van der Waals surface area (Å²) in [5, 5.41) is 3.02. The standard InChI is InChI=1S/C25H33IN2O4/c1-25(2,3)32-24(29)27-20-11-8-12-28(16-20)15-19-13-21(26)23(22(14-19)30-4)31-17-18-9-6-5-7-10-18/h5-7,9-10,13-14,20H,8,11-12,15-17H2,1-4H3,(H,27,29). The second kappa shape index (κ2) is 11.2. The average Bonchev–Trinajstić information content (AvgIpc) is 2.72. The molecule has 2 aromatic rings. The van der Waals surface area contributed by atoms with Gasteiger partial charge in [-0.1, -0.05) is 30.3 Å². The Balaban J connectivity index is 1.61. The first kappa shape index (κ1) is 24.6. The summed E-state index contributed by atoms with van der Waals surface area (Å²) in [7, 11) is 1.67. The molecule has 1 aliphatic rings. The van der Waals surface area contributed by atoms with Crippen LogP contribution in [0.2, 0.25) is 0 Å². The quantitative estimate of drug-likeness (QED) is 0.469. The van der Waals surface area contributed by atoms with E-state index >= 15 is 0 Å². The molecule has 1 amide bonds. The van der Waals surface area contributed by atoms with Crippen molar-refractivity contribution in [3.8, 4) is 11.5 Å². The molecule has 0 radical (unpaired) electrons. The van der Waals surface area contributed by atoms with Gasteiger partial charge in [-0.05, 0) is 86.0 Å². The summed E-state index contributed by atoms with van der Waals surface area (Å²) in [5.74, 6) is 1.51. The highest BCUT2D eigenvalue weighted by atomic mass is 127. The number of nitrogens with one attached hydrogen (secondary N) is 1. The van der Waals surface area contributed by atoms with Gasteiger partial charge in [0.1, 0.15) is 12.2 Å². The molecule has 1 fully saturated rings. The van der Waals surface area contributed by atoms with Crippen molar-refractivity contribution in [2.45, 2.75) is 58.4 Å². The maximum absolute atomic E-state index is 12.1. The predicted octanol–water partition coefficient (Wildman–Crippen LogP) is 5.37. The lowest BCUT2D eigenvalue weighted by Crippen LogP contribution is -2.48. The van der Waals surface area contributed by atoms with Crippen LogP contribution in [0.5, 0.6) is 11.5 Å². The molecule has 0 saturated carbocycles. The maximum Gasteiger partial charge on any atom is 0.407 e. The van der Waals surface area contributed by atoms with E-state index in [4.69, 9.17) is 14.2 Å². The van der Waals surface area contributed by atoms with E-state index in [1.165, 1.54) is 0 Å². The summed E-state index contributed by atoms with van der Waals surface area (Å²) in [5.41, 5.74) is 1.79. The summed E-state index contributed by atoms with van der Waals surface area (Å²) >= 11 is 2.31. The van der Waals surface area contributed by atoms with Gasteiger partial charge >= 0.3 is 6.09 Å². The van der Waals surface area contributed by atoms with E-state index in [1.807, 2.05) is 57.2 Å². The van der Waals surface area contributed by atoms with Gasteiger partial charge in [-0.2, -0.15) is 0 Å². The molecule has 3 rings (SSSR count). The topological polar surface area (TPSA) is 60.0 Å². The molecule has 1 atom stereocenters. The fourth-order valence-electron chi connectivity index (χ4n) is 3.78. The molecule has 7 heteroatoms. The Morgan fingerprint density at radius 3 is 2.62 bits per heavy atom. The van der Waals surface area contributed by atoms with Crippen LogP contribution in [-0.4, -0.2) is 42.8 Å². The van der Waals surface area contributed by atoms with Crippen molar-refractivity contribution in [1.29, 1.82) is 0 Å². The lowest BCUT2D eigenvalue weighted by atomic mass is 10.0. The van der Waals surface area contributed by atoms with Gasteiger partial charge in [-0.25, -0.2) is 4.79 Å². The summed E-state index contributed by atoms with van der Waals surface area (Å²) < 4.78 is 18.2. The van der Waals surface area contributed by atoms with Crippen LogP contribution in [0, 0.1) is 3.57 Å². The minimum absolute atomic E-state index is 0.0908. The number of halogens is 1. The predicted molar refractivity (Wildman–Crippen MR) is 134 cm³/mol. The zero-order valence-electron chi connectivity index (χ0n) is 19.3. The molecular formula is C25H33IN2O4. The first-order chi connectivity index (χ1) is 15.2. The van der Waals surface area contributed by atoms with Gasteiger partial charge in [0.25, 0.3) is 0 Å². The highest BCUT2D eigenvalue weighted by molar-refractivity contribution is 14.1. The van der Waals surface area contributed by atoms with Gasteiger partial charge in [0.15, 0.2) is 11.5 Å². The largest absolute Gasteiger partial charge is 0.493 e. The second-order valence-corrected chi connectivity index (χ2v) is 10.3. The van der Waals surface area contributed by atoms with Crippen molar-refractivity contribution >= 4 is 28.7 Å². The number of alkyl carbamates (subject to hydrolysis) is 1. The number of methoxy groups -OCH3 is 1. The number of carbonyl (C=O) groups excluding carboxylic acids is 1. The minimum Gasteiger partial charge on any atom is -0.493 e. The maximum atomic E-state index is 12.1. The normalized spacial score (nSPS) is 17.0. The summed E-state index contributed by atoms with van der Waals surface area (Å²) in [6.07, 6.45) is 1.65. The average molecular weight is 552 g/mol. The molecule has 32 heavy (non-hydrogen) atoms. The van der Waals surface area contributed by atoms with Gasteiger partial charge in [-0.3, -0.25) is 4.90 Å². The van der Waals surface area contributed by atoms with Crippen LogP contribution < -0.4 is 14.8 Å². The number of benzene rings is 2. The van der Waals surface area contributed by atoms with E-state index in [9.17, 15) is 4.79 Å². The van der Waals surface area contributed by atoms with Gasteiger partial charge in [0.05, 0.1) is 10.7 Å². The molecule has 1 N–H and O–H groups in total. The molecule has 1 saturated heterocycles. The smallest absolute Gasteiger partial charge is 0.407 e. The lowest BCUT2D eigenvalue weighted by molar-refractivity contribution is 0.0470. The van der Waals surface area contributed by atoms with Crippen molar-refractivity contribution in [3.05, 3.63) is 57.2 Å². The van der Waals surface area contributed by atoms with E-state index in [0.717, 1.165) is 58.7 Å². The number of hydrogen-bond acceptors (Lipinski definition) is 5. The lowest BCUT2D eigenvalue weighted by Gasteiger charge is -2.33. The Hall–Kier alpha value is -2.00. The molecular weight excluding hydrogens is 519 g/mol. The van der Waals surface area contributed by atoms with Crippen LogP contribution in [0.25, 0.3) is 0 Å². The summed E-state index contributed by atoms with van der Waals surface area (Å²) in [6, 6.07) is 14.4. The Bertz CT molecular complexity index is 899. The van der Waals surface area contributed by atoms with Crippen LogP contribution in [0.15, 0.2) is 42.5 Å². The monoisotopic (exact) mass is 552 g/mol. The van der Waals surface area contributed by atoms with Crippen LogP contribution in [0.4, 0.5) is 4.79 Å². The van der Waals surface area contributed by atoms with Crippen molar-refractivity contribution in [2.24, 2.45) is 0 Å². The van der Waals surface area contributed by atoms with Crippen LogP contribution in [0.3, 0.4) is 0 Å². The molecule has 6 nitrogen and oxygen atoms in total. The third kappa shape index (κ3) is 7.55. The van der Waals surface area contributed by atoms with Crippen LogP contribution in [-0.2, 0) is 17.9 Å². The van der Waals surface area contributed by atoms with Crippen LogP contribution in [0.1, 0.15) is 44.7 Å². The van der Waals surface area contributed by atoms with Crippen molar-refractivity contribution in [2.75, 3.05) is 20.2 Å². The van der Waals surface area contributed by atoms with Crippen LogP contribution >= 0.6 is 22.6 Å². The molecule has 0 aromatic heterocycles. The molecule has 0 spiro atoms. The molecule has 1 aliphatic heterocycles. The Labute approximate surface area is 204 Å². The Kier molecular flexibility index (Phi) is 8.64. The molecule has 1 unspecified atom stereocenters. The number of amides is 1. The number of carbonyl (C=O) groups is 1. The van der Waals surface area contributed by atoms with Gasteiger partial charge in [0, 0.05) is 19.1 Å². The highest BCUT2D eigenvalue weighted by Crippen LogP contribution is 2.35. The molecule has 2 aromatic carbocycles. The first-order valence-electron chi connectivity index (χ1n) is 11.0. The second-order valence-electron chi connectivity index (χ2n) is 9.10.